The summed E-state index contributed by atoms with van der Waals surface area (Å²) in [7, 11) is 1.57. The van der Waals surface area contributed by atoms with Gasteiger partial charge in [-0.2, -0.15) is 0 Å². The van der Waals surface area contributed by atoms with Crippen molar-refractivity contribution in [1.82, 2.24) is 4.90 Å². The highest BCUT2D eigenvalue weighted by molar-refractivity contribution is 5.95. The molecule has 1 saturated heterocycles. The van der Waals surface area contributed by atoms with Crippen molar-refractivity contribution in [1.29, 1.82) is 0 Å². The molecule has 0 aromatic heterocycles. The molecule has 8 heteroatoms. The molecule has 3 rings (SSSR count). The lowest BCUT2D eigenvalue weighted by Gasteiger charge is -2.33. The van der Waals surface area contributed by atoms with Crippen LogP contribution >= 0.6 is 0 Å². The first-order valence-electron chi connectivity index (χ1n) is 8.59. The standard InChI is InChI=1S/C19H21N3O5/c1-26-17-7-5-15(6-8-17)20-19(23)18(21-9-11-27-12-10-21)14-3-2-4-16(13-14)22(24)25/h2-8,13,18H,9-12H2,1H3,(H,20,23)/t18-/m1/s1. The molecule has 1 fully saturated rings. The monoisotopic (exact) mass is 371 g/mol. The summed E-state index contributed by atoms with van der Waals surface area (Å²) >= 11 is 0. The molecule has 1 heterocycles. The summed E-state index contributed by atoms with van der Waals surface area (Å²) in [6.45, 7) is 2.18. The number of hydrogen-bond acceptors (Lipinski definition) is 6. The number of ether oxygens (including phenoxy) is 2. The number of anilines is 1. The highest BCUT2D eigenvalue weighted by Crippen LogP contribution is 2.27. The second-order valence-electron chi connectivity index (χ2n) is 6.12. The molecule has 27 heavy (non-hydrogen) atoms. The molecule has 1 aliphatic heterocycles. The topological polar surface area (TPSA) is 93.9 Å². The van der Waals surface area contributed by atoms with Gasteiger partial charge in [-0.05, 0) is 29.8 Å². The number of rotatable bonds is 6. The number of nitrogens with one attached hydrogen (secondary N) is 1. The van der Waals surface area contributed by atoms with Crippen molar-refractivity contribution in [2.24, 2.45) is 0 Å². The molecule has 0 spiro atoms. The quantitative estimate of drug-likeness (QED) is 0.620. The van der Waals surface area contributed by atoms with Crippen molar-refractivity contribution in [3.05, 3.63) is 64.2 Å². The van der Waals surface area contributed by atoms with E-state index in [0.29, 0.717) is 43.3 Å². The molecule has 0 saturated carbocycles. The number of benzene rings is 2. The number of morpholine rings is 1. The van der Waals surface area contributed by atoms with Crippen molar-refractivity contribution in [2.75, 3.05) is 38.7 Å². The van der Waals surface area contributed by atoms with Gasteiger partial charge in [0.1, 0.15) is 11.8 Å². The maximum atomic E-state index is 13.1. The number of nitro benzene ring substituents is 1. The highest BCUT2D eigenvalue weighted by Gasteiger charge is 2.30. The molecule has 0 bridgehead atoms. The summed E-state index contributed by atoms with van der Waals surface area (Å²) in [6, 6.07) is 12.6. The second kappa shape index (κ2) is 8.61. The molecule has 0 aliphatic carbocycles. The number of amides is 1. The maximum absolute atomic E-state index is 13.1. The first kappa shape index (κ1) is 18.8. The van der Waals surface area contributed by atoms with Gasteiger partial charge in [-0.3, -0.25) is 19.8 Å². The summed E-state index contributed by atoms with van der Waals surface area (Å²) < 4.78 is 10.5. The van der Waals surface area contributed by atoms with E-state index in [1.165, 1.54) is 12.1 Å². The number of nitro groups is 1. The van der Waals surface area contributed by atoms with Gasteiger partial charge < -0.3 is 14.8 Å². The molecule has 0 radical (unpaired) electrons. The number of methoxy groups -OCH3 is 1. The number of nitrogens with zero attached hydrogens (tertiary/aromatic N) is 2. The lowest BCUT2D eigenvalue weighted by atomic mass is 10.0. The van der Waals surface area contributed by atoms with Gasteiger partial charge in [0, 0.05) is 30.9 Å². The maximum Gasteiger partial charge on any atom is 0.269 e. The molecule has 1 atom stereocenters. The molecule has 1 amide bonds. The van der Waals surface area contributed by atoms with Crippen molar-refractivity contribution in [3.63, 3.8) is 0 Å². The lowest BCUT2D eigenvalue weighted by Crippen LogP contribution is -2.43. The van der Waals surface area contributed by atoms with E-state index in [-0.39, 0.29) is 11.6 Å². The molecular weight excluding hydrogens is 350 g/mol. The van der Waals surface area contributed by atoms with Crippen LogP contribution in [0.1, 0.15) is 11.6 Å². The van der Waals surface area contributed by atoms with E-state index in [1.54, 1.807) is 43.5 Å². The van der Waals surface area contributed by atoms with E-state index in [2.05, 4.69) is 5.32 Å². The predicted molar refractivity (Wildman–Crippen MR) is 99.9 cm³/mol. The first-order valence-corrected chi connectivity index (χ1v) is 8.59. The number of hydrogen-bond donors (Lipinski definition) is 1. The second-order valence-corrected chi connectivity index (χ2v) is 6.12. The lowest BCUT2D eigenvalue weighted by molar-refractivity contribution is -0.384. The van der Waals surface area contributed by atoms with Crippen LogP contribution in [0.25, 0.3) is 0 Å². The van der Waals surface area contributed by atoms with Crippen LogP contribution in [-0.4, -0.2) is 49.1 Å². The third kappa shape index (κ3) is 4.60. The molecule has 8 nitrogen and oxygen atoms in total. The van der Waals surface area contributed by atoms with Gasteiger partial charge in [0.25, 0.3) is 5.69 Å². The summed E-state index contributed by atoms with van der Waals surface area (Å²) in [5, 5.41) is 14.0. The van der Waals surface area contributed by atoms with Gasteiger partial charge >= 0.3 is 0 Å². The van der Waals surface area contributed by atoms with E-state index in [9.17, 15) is 14.9 Å². The Morgan fingerprint density at radius 1 is 1.22 bits per heavy atom. The van der Waals surface area contributed by atoms with Crippen molar-refractivity contribution >= 4 is 17.3 Å². The predicted octanol–water partition coefficient (Wildman–Crippen LogP) is 2.62. The number of non-ortho nitro benzene ring substituents is 1. The number of carbonyl (C=O) groups is 1. The Balaban J connectivity index is 1.87. The zero-order chi connectivity index (χ0) is 19.2. The largest absolute Gasteiger partial charge is 0.497 e. The van der Waals surface area contributed by atoms with Crippen LogP contribution in [0.15, 0.2) is 48.5 Å². The van der Waals surface area contributed by atoms with Crippen molar-refractivity contribution < 1.29 is 19.2 Å². The molecule has 0 unspecified atom stereocenters. The molecule has 2 aromatic rings. The minimum atomic E-state index is -0.643. The molecule has 2 aromatic carbocycles. The van der Waals surface area contributed by atoms with Gasteiger partial charge in [0.2, 0.25) is 5.91 Å². The van der Waals surface area contributed by atoms with Crippen LogP contribution in [-0.2, 0) is 9.53 Å². The fraction of sp³-hybridized carbons (Fsp3) is 0.316. The van der Waals surface area contributed by atoms with Crippen LogP contribution in [0, 0.1) is 10.1 Å². The Labute approximate surface area is 156 Å². The fourth-order valence-electron chi connectivity index (χ4n) is 3.06. The fourth-order valence-corrected chi connectivity index (χ4v) is 3.06. The smallest absolute Gasteiger partial charge is 0.269 e. The minimum absolute atomic E-state index is 0.0389. The Morgan fingerprint density at radius 3 is 2.56 bits per heavy atom. The van der Waals surface area contributed by atoms with Crippen LogP contribution in [0.2, 0.25) is 0 Å². The Bertz CT molecular complexity index is 803. The average molecular weight is 371 g/mol. The Morgan fingerprint density at radius 2 is 1.93 bits per heavy atom. The van der Waals surface area contributed by atoms with Crippen molar-refractivity contribution in [2.45, 2.75) is 6.04 Å². The van der Waals surface area contributed by atoms with Gasteiger partial charge in [0.05, 0.1) is 25.2 Å². The summed E-state index contributed by atoms with van der Waals surface area (Å²) in [5.74, 6) is 0.443. The van der Waals surface area contributed by atoms with Gasteiger partial charge in [-0.15, -0.1) is 0 Å². The van der Waals surface area contributed by atoms with E-state index in [0.717, 1.165) is 0 Å². The summed E-state index contributed by atoms with van der Waals surface area (Å²) in [4.78, 5) is 25.7. The number of carbonyl (C=O) groups excluding carboxylic acids is 1. The van der Waals surface area contributed by atoms with Crippen LogP contribution in [0.4, 0.5) is 11.4 Å². The SMILES string of the molecule is COc1ccc(NC(=O)[C@@H](c2cccc([N+](=O)[O-])c2)N2CCOCC2)cc1. The summed E-state index contributed by atoms with van der Waals surface area (Å²) in [6.07, 6.45) is 0. The van der Waals surface area contributed by atoms with E-state index < -0.39 is 11.0 Å². The zero-order valence-corrected chi connectivity index (χ0v) is 15.0. The van der Waals surface area contributed by atoms with Gasteiger partial charge in [-0.25, -0.2) is 0 Å². The van der Waals surface area contributed by atoms with Gasteiger partial charge in [-0.1, -0.05) is 12.1 Å². The third-order valence-corrected chi connectivity index (χ3v) is 4.41. The van der Waals surface area contributed by atoms with Crippen molar-refractivity contribution in [3.8, 4) is 5.75 Å². The Hall–Kier alpha value is -2.97. The van der Waals surface area contributed by atoms with Gasteiger partial charge in [0.15, 0.2) is 0 Å². The summed E-state index contributed by atoms with van der Waals surface area (Å²) in [5.41, 5.74) is 1.17. The molecular formula is C19H21N3O5. The normalized spacial score (nSPS) is 15.7. The van der Waals surface area contributed by atoms with E-state index in [1.807, 2.05) is 4.90 Å². The Kier molecular flexibility index (Phi) is 6.00. The molecule has 1 N–H and O–H groups in total. The van der Waals surface area contributed by atoms with E-state index >= 15 is 0 Å². The highest BCUT2D eigenvalue weighted by atomic mass is 16.6. The van der Waals surface area contributed by atoms with E-state index in [4.69, 9.17) is 9.47 Å². The van der Waals surface area contributed by atoms with Crippen LogP contribution in [0.3, 0.4) is 0 Å². The first-order chi connectivity index (χ1) is 13.1. The minimum Gasteiger partial charge on any atom is -0.497 e. The zero-order valence-electron chi connectivity index (χ0n) is 15.0. The molecule has 1 aliphatic rings. The third-order valence-electron chi connectivity index (χ3n) is 4.41. The average Bonchev–Trinajstić information content (AvgIpc) is 2.70. The van der Waals surface area contributed by atoms with Crippen LogP contribution < -0.4 is 10.1 Å². The molecule has 142 valence electrons. The van der Waals surface area contributed by atoms with Crippen LogP contribution in [0.5, 0.6) is 5.75 Å².